The van der Waals surface area contributed by atoms with Crippen LogP contribution in [0, 0.1) is 5.92 Å². The molecule has 3 fully saturated rings. The van der Waals surface area contributed by atoms with Gasteiger partial charge in [0.1, 0.15) is 5.82 Å². The molecule has 2 aliphatic heterocycles. The minimum absolute atomic E-state index is 0.0338. The van der Waals surface area contributed by atoms with Gasteiger partial charge in [-0.1, -0.05) is 19.3 Å². The Morgan fingerprint density at radius 1 is 1.10 bits per heavy atom. The Labute approximate surface area is 167 Å². The third kappa shape index (κ3) is 3.36. The van der Waals surface area contributed by atoms with Crippen LogP contribution in [0.25, 0.3) is 11.5 Å². The van der Waals surface area contributed by atoms with Gasteiger partial charge in [-0.15, -0.1) is 10.2 Å². The molecule has 0 aromatic carbocycles. The van der Waals surface area contributed by atoms with Crippen molar-refractivity contribution >= 4 is 11.7 Å². The van der Waals surface area contributed by atoms with Crippen LogP contribution < -0.4 is 4.90 Å². The van der Waals surface area contributed by atoms with E-state index in [4.69, 9.17) is 4.42 Å². The van der Waals surface area contributed by atoms with Crippen molar-refractivity contribution in [1.82, 2.24) is 20.1 Å². The largest absolute Gasteiger partial charge is 0.415 e. The van der Waals surface area contributed by atoms with Gasteiger partial charge in [0, 0.05) is 25.2 Å². The van der Waals surface area contributed by atoms with Crippen molar-refractivity contribution in [3.8, 4) is 11.5 Å². The molecule has 2 saturated heterocycles. The van der Waals surface area contributed by atoms with Gasteiger partial charge in [0.15, 0.2) is 0 Å². The lowest BCUT2D eigenvalue weighted by Gasteiger charge is -2.37. The van der Waals surface area contributed by atoms with Crippen molar-refractivity contribution in [3.05, 3.63) is 24.2 Å². The number of alkyl halides is 2. The summed E-state index contributed by atoms with van der Waals surface area (Å²) >= 11 is 0. The summed E-state index contributed by atoms with van der Waals surface area (Å²) in [6, 6.07) is 4.12. The van der Waals surface area contributed by atoms with Gasteiger partial charge in [0.25, 0.3) is 5.89 Å². The van der Waals surface area contributed by atoms with Gasteiger partial charge >= 0.3 is 6.43 Å². The van der Waals surface area contributed by atoms with E-state index in [1.807, 2.05) is 6.07 Å². The Kier molecular flexibility index (Phi) is 4.67. The molecule has 3 aliphatic rings. The van der Waals surface area contributed by atoms with Crippen LogP contribution in [-0.2, 0) is 4.79 Å². The van der Waals surface area contributed by atoms with Crippen molar-refractivity contribution in [3.63, 3.8) is 0 Å². The molecule has 0 radical (unpaired) electrons. The number of likely N-dealkylation sites (tertiary alicyclic amines) is 1. The second-order valence-electron chi connectivity index (χ2n) is 8.17. The van der Waals surface area contributed by atoms with Crippen molar-refractivity contribution in [2.45, 2.75) is 57.0 Å². The topological polar surface area (TPSA) is 75.4 Å². The minimum atomic E-state index is -2.79. The number of hydrogen-bond donors (Lipinski definition) is 0. The van der Waals surface area contributed by atoms with Gasteiger partial charge in [-0.05, 0) is 31.4 Å². The van der Waals surface area contributed by atoms with E-state index in [1.54, 1.807) is 12.3 Å². The molecular weight excluding hydrogens is 380 g/mol. The fourth-order valence-electron chi connectivity index (χ4n) is 4.92. The standard InChI is InChI=1S/C20H23F2N5O2/c21-17(22)19-25-24-18(29-19)13-6-7-16(23-9-13)26-10-15-8-14(26)11-27(15)20(28)12-4-2-1-3-5-12/h6-7,9,12,14-15,17H,1-5,8,10-11H2. The number of anilines is 1. The molecule has 2 aromatic heterocycles. The summed E-state index contributed by atoms with van der Waals surface area (Å²) in [6.07, 6.45) is 5.39. The highest BCUT2D eigenvalue weighted by Crippen LogP contribution is 2.37. The molecular formula is C20H23F2N5O2. The number of halogens is 2. The summed E-state index contributed by atoms with van der Waals surface area (Å²) in [5, 5.41) is 7.00. The number of aromatic nitrogens is 3. The van der Waals surface area contributed by atoms with E-state index in [0.29, 0.717) is 11.5 Å². The number of carbonyl (C=O) groups excluding carboxylic acids is 1. The molecule has 1 amide bonds. The fourth-order valence-corrected chi connectivity index (χ4v) is 4.92. The number of amides is 1. The second kappa shape index (κ2) is 7.35. The molecule has 0 spiro atoms. The first kappa shape index (κ1) is 18.4. The molecule has 9 heteroatoms. The zero-order chi connectivity index (χ0) is 20.0. The zero-order valence-corrected chi connectivity index (χ0v) is 16.0. The number of hydrogen-bond acceptors (Lipinski definition) is 6. The van der Waals surface area contributed by atoms with Gasteiger partial charge < -0.3 is 14.2 Å². The lowest BCUT2D eigenvalue weighted by molar-refractivity contribution is -0.137. The number of fused-ring (bicyclic) bond motifs is 2. The molecule has 2 bridgehead atoms. The highest BCUT2D eigenvalue weighted by Gasteiger charge is 2.46. The quantitative estimate of drug-likeness (QED) is 0.779. The molecule has 2 unspecified atom stereocenters. The number of rotatable bonds is 4. The first-order valence-electron chi connectivity index (χ1n) is 10.3. The highest BCUT2D eigenvalue weighted by atomic mass is 19.3. The molecule has 29 heavy (non-hydrogen) atoms. The Bertz CT molecular complexity index is 881. The Morgan fingerprint density at radius 3 is 2.55 bits per heavy atom. The maximum Gasteiger partial charge on any atom is 0.314 e. The summed E-state index contributed by atoms with van der Waals surface area (Å²) < 4.78 is 30.2. The fraction of sp³-hybridized carbons (Fsp3) is 0.600. The predicted molar refractivity (Wildman–Crippen MR) is 100 cm³/mol. The van der Waals surface area contributed by atoms with E-state index >= 15 is 0 Å². The first-order chi connectivity index (χ1) is 14.1. The van der Waals surface area contributed by atoms with Crippen LogP contribution in [0.2, 0.25) is 0 Å². The van der Waals surface area contributed by atoms with Crippen LogP contribution in [-0.4, -0.2) is 51.2 Å². The molecule has 1 saturated carbocycles. The summed E-state index contributed by atoms with van der Waals surface area (Å²) in [5.41, 5.74) is 0.506. The molecule has 4 heterocycles. The zero-order valence-electron chi connectivity index (χ0n) is 16.0. The van der Waals surface area contributed by atoms with Crippen molar-refractivity contribution in [2.75, 3.05) is 18.0 Å². The van der Waals surface area contributed by atoms with Crippen molar-refractivity contribution in [1.29, 1.82) is 0 Å². The third-order valence-corrected chi connectivity index (χ3v) is 6.39. The Morgan fingerprint density at radius 2 is 1.93 bits per heavy atom. The normalized spacial score (nSPS) is 24.7. The monoisotopic (exact) mass is 403 g/mol. The van der Waals surface area contributed by atoms with Crippen molar-refractivity contribution in [2.24, 2.45) is 5.92 Å². The molecule has 1 aliphatic carbocycles. The van der Waals surface area contributed by atoms with Gasteiger partial charge in [0.2, 0.25) is 11.8 Å². The van der Waals surface area contributed by atoms with E-state index < -0.39 is 12.3 Å². The average Bonchev–Trinajstić information content (AvgIpc) is 3.49. The molecule has 2 aromatic rings. The third-order valence-electron chi connectivity index (χ3n) is 6.39. The number of nitrogens with zero attached hydrogens (tertiary/aromatic N) is 5. The van der Waals surface area contributed by atoms with E-state index in [9.17, 15) is 13.6 Å². The summed E-state index contributed by atoms with van der Waals surface area (Å²) in [7, 11) is 0. The summed E-state index contributed by atoms with van der Waals surface area (Å²) in [4.78, 5) is 21.7. The Hall–Kier alpha value is -2.58. The van der Waals surface area contributed by atoms with Gasteiger partial charge in [-0.25, -0.2) is 4.98 Å². The van der Waals surface area contributed by atoms with E-state index in [0.717, 1.165) is 38.2 Å². The number of pyridine rings is 1. The smallest absolute Gasteiger partial charge is 0.314 e. The highest BCUT2D eigenvalue weighted by molar-refractivity contribution is 5.80. The summed E-state index contributed by atoms with van der Waals surface area (Å²) in [6.45, 7) is 1.54. The number of carbonyl (C=O) groups is 1. The predicted octanol–water partition coefficient (Wildman–Crippen LogP) is 3.44. The summed E-state index contributed by atoms with van der Waals surface area (Å²) in [5.74, 6) is 0.711. The van der Waals surface area contributed by atoms with E-state index in [2.05, 4.69) is 25.0 Å². The van der Waals surface area contributed by atoms with Crippen LogP contribution in [0.4, 0.5) is 14.6 Å². The molecule has 7 nitrogen and oxygen atoms in total. The molecule has 0 N–H and O–H groups in total. The van der Waals surface area contributed by atoms with Gasteiger partial charge in [-0.3, -0.25) is 4.79 Å². The second-order valence-corrected chi connectivity index (χ2v) is 8.17. The average molecular weight is 403 g/mol. The van der Waals surface area contributed by atoms with E-state index in [1.165, 1.54) is 19.3 Å². The molecule has 2 atom stereocenters. The molecule has 5 rings (SSSR count). The lowest BCUT2D eigenvalue weighted by atomic mass is 9.88. The maximum atomic E-state index is 12.9. The molecule has 154 valence electrons. The van der Waals surface area contributed by atoms with Crippen LogP contribution in [0.3, 0.4) is 0 Å². The Balaban J connectivity index is 1.25. The van der Waals surface area contributed by atoms with Gasteiger partial charge in [-0.2, -0.15) is 8.78 Å². The van der Waals surface area contributed by atoms with E-state index in [-0.39, 0.29) is 23.9 Å². The van der Waals surface area contributed by atoms with Crippen molar-refractivity contribution < 1.29 is 18.0 Å². The van der Waals surface area contributed by atoms with Crippen LogP contribution in [0.5, 0.6) is 0 Å². The van der Waals surface area contributed by atoms with Gasteiger partial charge in [0.05, 0.1) is 17.6 Å². The van der Waals surface area contributed by atoms with Crippen LogP contribution >= 0.6 is 0 Å². The lowest BCUT2D eigenvalue weighted by Crippen LogP contribution is -2.50. The van der Waals surface area contributed by atoms with Crippen LogP contribution in [0.15, 0.2) is 22.7 Å². The SMILES string of the molecule is O=C(C1CCCCC1)N1CC2CC1CN2c1ccc(-c2nnc(C(F)F)o2)cn1. The first-order valence-corrected chi connectivity index (χ1v) is 10.3. The maximum absolute atomic E-state index is 12.9. The number of piperazine rings is 1. The minimum Gasteiger partial charge on any atom is -0.415 e. The van der Waals surface area contributed by atoms with Crippen LogP contribution in [0.1, 0.15) is 50.8 Å².